The zero-order chi connectivity index (χ0) is 18.1. The Morgan fingerprint density at radius 2 is 2.08 bits per heavy atom. The van der Waals surface area contributed by atoms with Gasteiger partial charge >= 0.3 is 5.97 Å². The van der Waals surface area contributed by atoms with E-state index in [1.54, 1.807) is 13.8 Å². The minimum atomic E-state index is -1.12. The van der Waals surface area contributed by atoms with E-state index in [2.05, 4.69) is 25.5 Å². The summed E-state index contributed by atoms with van der Waals surface area (Å²) in [6, 6.07) is 3.04. The van der Waals surface area contributed by atoms with Crippen molar-refractivity contribution < 1.29 is 18.7 Å². The van der Waals surface area contributed by atoms with E-state index in [4.69, 9.17) is 0 Å². The fourth-order valence-electron chi connectivity index (χ4n) is 2.40. The molecule has 0 aliphatic heterocycles. The lowest BCUT2D eigenvalue weighted by atomic mass is 10.1. The first-order chi connectivity index (χ1) is 11.9. The molecule has 0 saturated carbocycles. The van der Waals surface area contributed by atoms with E-state index < -0.39 is 23.6 Å². The number of carboxylic acids is 1. The number of nitrogens with one attached hydrogen (secondary N) is 2. The maximum Gasteiger partial charge on any atom is 0.326 e. The minimum absolute atomic E-state index is 0.0497. The smallest absolute Gasteiger partial charge is 0.326 e. The van der Waals surface area contributed by atoms with E-state index in [1.165, 1.54) is 18.2 Å². The third-order valence-corrected chi connectivity index (χ3v) is 3.71. The Balaban J connectivity index is 2.04. The monoisotopic (exact) mass is 347 g/mol. The van der Waals surface area contributed by atoms with E-state index in [1.807, 2.05) is 0 Å². The number of hydrogen-bond donors (Lipinski definition) is 3. The van der Waals surface area contributed by atoms with Gasteiger partial charge in [0.25, 0.3) is 0 Å². The van der Waals surface area contributed by atoms with Crippen molar-refractivity contribution in [2.24, 2.45) is 5.92 Å². The highest BCUT2D eigenvalue weighted by molar-refractivity contribution is 5.91. The highest BCUT2D eigenvalue weighted by atomic mass is 19.1. The van der Waals surface area contributed by atoms with Crippen LogP contribution in [0.25, 0.3) is 22.4 Å². The summed E-state index contributed by atoms with van der Waals surface area (Å²) in [4.78, 5) is 19.2. The standard InChI is InChI=1S/C16H15F2N5O2/c1-7(2)12(16(24)25)20-14-10(18)6-19-15(21-14)13-9-5-8(17)3-4-11(9)22-23-13/h3-7,12H,1-2H3,(H,22,23)(H,24,25)(H,19,20,21)/t12-/m0/s1. The molecule has 0 spiro atoms. The minimum Gasteiger partial charge on any atom is -0.480 e. The molecule has 0 unspecified atom stereocenters. The number of fused-ring (bicyclic) bond motifs is 1. The Kier molecular flexibility index (Phi) is 4.30. The lowest BCUT2D eigenvalue weighted by molar-refractivity contribution is -0.138. The van der Waals surface area contributed by atoms with Crippen LogP contribution in [0.3, 0.4) is 0 Å². The van der Waals surface area contributed by atoms with Gasteiger partial charge in [-0.05, 0) is 24.1 Å². The zero-order valence-electron chi connectivity index (χ0n) is 13.4. The maximum absolute atomic E-state index is 14.0. The molecule has 3 N–H and O–H groups in total. The van der Waals surface area contributed by atoms with Crippen LogP contribution in [0.4, 0.5) is 14.6 Å². The number of rotatable bonds is 5. The molecule has 0 fully saturated rings. The molecule has 3 rings (SSSR count). The van der Waals surface area contributed by atoms with Crippen LogP contribution in [0.2, 0.25) is 0 Å². The van der Waals surface area contributed by atoms with Crippen LogP contribution in [0.1, 0.15) is 13.8 Å². The maximum atomic E-state index is 14.0. The summed E-state index contributed by atoms with van der Waals surface area (Å²) in [5.41, 5.74) is 0.818. The molecule has 1 aromatic carbocycles. The average Bonchev–Trinajstić information content (AvgIpc) is 2.96. The topological polar surface area (TPSA) is 104 Å². The molecule has 2 aromatic heterocycles. The van der Waals surface area contributed by atoms with Crippen molar-refractivity contribution in [3.8, 4) is 11.5 Å². The lowest BCUT2D eigenvalue weighted by Crippen LogP contribution is -2.35. The summed E-state index contributed by atoms with van der Waals surface area (Å²) in [6.07, 6.45) is 0.920. The molecular weight excluding hydrogens is 332 g/mol. The third kappa shape index (κ3) is 3.25. The van der Waals surface area contributed by atoms with Crippen LogP contribution in [0.5, 0.6) is 0 Å². The first kappa shape index (κ1) is 16.7. The van der Waals surface area contributed by atoms with Crippen LogP contribution in [-0.4, -0.2) is 37.3 Å². The molecule has 130 valence electrons. The summed E-state index contributed by atoms with van der Waals surface area (Å²) in [5.74, 6) is -2.87. The van der Waals surface area contributed by atoms with Gasteiger partial charge in [0.2, 0.25) is 0 Å². The normalized spacial score (nSPS) is 12.5. The van der Waals surface area contributed by atoms with Gasteiger partial charge in [0.15, 0.2) is 17.5 Å². The number of aromatic amines is 1. The molecule has 0 aliphatic carbocycles. The van der Waals surface area contributed by atoms with Crippen molar-refractivity contribution in [2.75, 3.05) is 5.32 Å². The highest BCUT2D eigenvalue weighted by Crippen LogP contribution is 2.26. The number of nitrogens with zero attached hydrogens (tertiary/aromatic N) is 3. The largest absolute Gasteiger partial charge is 0.480 e. The van der Waals surface area contributed by atoms with Crippen molar-refractivity contribution >= 4 is 22.7 Å². The van der Waals surface area contributed by atoms with E-state index in [-0.39, 0.29) is 23.3 Å². The molecule has 0 radical (unpaired) electrons. The number of hydrogen-bond acceptors (Lipinski definition) is 5. The molecule has 0 bridgehead atoms. The first-order valence-electron chi connectivity index (χ1n) is 7.52. The van der Waals surface area contributed by atoms with Gasteiger partial charge in [-0.1, -0.05) is 13.8 Å². The second-order valence-electron chi connectivity index (χ2n) is 5.86. The van der Waals surface area contributed by atoms with Crippen molar-refractivity contribution in [2.45, 2.75) is 19.9 Å². The number of halogens is 2. The van der Waals surface area contributed by atoms with Gasteiger partial charge in [0.05, 0.1) is 11.7 Å². The Bertz CT molecular complexity index is 941. The Labute approximate surface area is 141 Å². The lowest BCUT2D eigenvalue weighted by Gasteiger charge is -2.18. The zero-order valence-corrected chi connectivity index (χ0v) is 13.4. The number of carboxylic acid groups (broad SMARTS) is 1. The van der Waals surface area contributed by atoms with Crippen molar-refractivity contribution in [3.05, 3.63) is 36.0 Å². The van der Waals surface area contributed by atoms with E-state index >= 15 is 0 Å². The molecule has 1 atom stereocenters. The van der Waals surface area contributed by atoms with Crippen molar-refractivity contribution in [1.29, 1.82) is 0 Å². The van der Waals surface area contributed by atoms with Gasteiger partial charge in [0, 0.05) is 5.39 Å². The van der Waals surface area contributed by atoms with Gasteiger partial charge in [-0.3, -0.25) is 5.10 Å². The van der Waals surface area contributed by atoms with E-state index in [0.29, 0.717) is 10.9 Å². The van der Waals surface area contributed by atoms with Crippen molar-refractivity contribution in [3.63, 3.8) is 0 Å². The fourth-order valence-corrected chi connectivity index (χ4v) is 2.40. The first-order valence-corrected chi connectivity index (χ1v) is 7.52. The molecule has 2 heterocycles. The second kappa shape index (κ2) is 6.42. The van der Waals surface area contributed by atoms with Crippen molar-refractivity contribution in [1.82, 2.24) is 20.2 Å². The molecule has 0 aliphatic rings. The number of aliphatic carboxylic acids is 1. The van der Waals surface area contributed by atoms with Gasteiger partial charge < -0.3 is 10.4 Å². The van der Waals surface area contributed by atoms with E-state index in [0.717, 1.165) is 6.20 Å². The summed E-state index contributed by atoms with van der Waals surface area (Å²) in [7, 11) is 0. The quantitative estimate of drug-likeness (QED) is 0.656. The Morgan fingerprint density at radius 3 is 2.76 bits per heavy atom. The summed E-state index contributed by atoms with van der Waals surface area (Å²) in [5, 5.41) is 19.0. The van der Waals surface area contributed by atoms with Gasteiger partial charge in [-0.2, -0.15) is 5.10 Å². The number of H-pyrrole nitrogens is 1. The third-order valence-electron chi connectivity index (χ3n) is 3.71. The molecule has 25 heavy (non-hydrogen) atoms. The number of carbonyl (C=O) groups is 1. The summed E-state index contributed by atoms with van der Waals surface area (Å²) >= 11 is 0. The van der Waals surface area contributed by atoms with Gasteiger partial charge in [-0.15, -0.1) is 0 Å². The van der Waals surface area contributed by atoms with Crippen LogP contribution >= 0.6 is 0 Å². The molecule has 7 nitrogen and oxygen atoms in total. The molecule has 9 heteroatoms. The number of aromatic nitrogens is 4. The fraction of sp³-hybridized carbons (Fsp3) is 0.250. The van der Waals surface area contributed by atoms with Gasteiger partial charge in [0.1, 0.15) is 17.6 Å². The SMILES string of the molecule is CC(C)[C@H](Nc1nc(-c2n[nH]c3ccc(F)cc23)ncc1F)C(=O)O. The predicted octanol–water partition coefficient (Wildman–Crippen LogP) is 2.82. The van der Waals surface area contributed by atoms with Crippen LogP contribution in [-0.2, 0) is 4.79 Å². The van der Waals surface area contributed by atoms with Crippen LogP contribution < -0.4 is 5.32 Å². The molecule has 0 amide bonds. The average molecular weight is 347 g/mol. The molecule has 3 aromatic rings. The van der Waals surface area contributed by atoms with Crippen LogP contribution in [0, 0.1) is 17.6 Å². The second-order valence-corrected chi connectivity index (χ2v) is 5.86. The van der Waals surface area contributed by atoms with Crippen LogP contribution in [0.15, 0.2) is 24.4 Å². The van der Waals surface area contributed by atoms with Gasteiger partial charge in [-0.25, -0.2) is 23.5 Å². The summed E-state index contributed by atoms with van der Waals surface area (Å²) in [6.45, 7) is 3.38. The molecule has 0 saturated heterocycles. The number of anilines is 1. The predicted molar refractivity (Wildman–Crippen MR) is 86.9 cm³/mol. The highest BCUT2D eigenvalue weighted by Gasteiger charge is 2.24. The number of benzene rings is 1. The Morgan fingerprint density at radius 1 is 1.32 bits per heavy atom. The molecular formula is C16H15F2N5O2. The summed E-state index contributed by atoms with van der Waals surface area (Å²) < 4.78 is 27.5. The Hall–Kier alpha value is -3.10. The van der Waals surface area contributed by atoms with E-state index in [9.17, 15) is 18.7 Å².